The van der Waals surface area contributed by atoms with Crippen LogP contribution in [-0.4, -0.2) is 28.7 Å². The van der Waals surface area contributed by atoms with Gasteiger partial charge in [-0.25, -0.2) is 0 Å². The predicted molar refractivity (Wildman–Crippen MR) is 41.7 cm³/mol. The molecule has 0 saturated heterocycles. The molecule has 0 spiro atoms. The number of nitrogens with zero attached hydrogens (tertiary/aromatic N) is 4. The molecular weight excluding hydrogens is 172 g/mol. The molecule has 2 aliphatic heterocycles. The number of aldehydes is 1. The molecule has 0 N–H and O–H groups in total. The molecule has 0 aromatic heterocycles. The van der Waals surface area contributed by atoms with Gasteiger partial charge in [0.25, 0.3) is 5.91 Å². The highest BCUT2D eigenvalue weighted by molar-refractivity contribution is 6.24. The summed E-state index contributed by atoms with van der Waals surface area (Å²) >= 11 is 0. The highest BCUT2D eigenvalue weighted by Crippen LogP contribution is 2.19. The van der Waals surface area contributed by atoms with Gasteiger partial charge in [-0.1, -0.05) is 0 Å². The third-order valence-electron chi connectivity index (χ3n) is 1.70. The number of hydrogen-bond donors (Lipinski definition) is 0. The summed E-state index contributed by atoms with van der Waals surface area (Å²) in [4.78, 5) is 24.0. The first-order valence-corrected chi connectivity index (χ1v) is 3.63. The van der Waals surface area contributed by atoms with Crippen LogP contribution in [0.3, 0.4) is 0 Å². The molecule has 6 heteroatoms. The van der Waals surface area contributed by atoms with Gasteiger partial charge in [0, 0.05) is 12.4 Å². The molecule has 0 aromatic carbocycles. The topological polar surface area (TPSA) is 65.3 Å². The zero-order valence-corrected chi connectivity index (χ0v) is 6.62. The molecule has 0 unspecified atom stereocenters. The van der Waals surface area contributed by atoms with E-state index in [0.29, 0.717) is 12.5 Å². The molecule has 0 radical (unpaired) electrons. The lowest BCUT2D eigenvalue weighted by Gasteiger charge is -2.20. The molecule has 0 atom stereocenters. The molecule has 2 rings (SSSR count). The van der Waals surface area contributed by atoms with Crippen LogP contribution < -0.4 is 0 Å². The van der Waals surface area contributed by atoms with Gasteiger partial charge in [-0.3, -0.25) is 14.5 Å². The predicted octanol–water partition coefficient (Wildman–Crippen LogP) is 0.0229. The lowest BCUT2D eigenvalue weighted by atomic mass is 10.4. The van der Waals surface area contributed by atoms with Gasteiger partial charge in [0.05, 0.1) is 6.20 Å². The van der Waals surface area contributed by atoms with E-state index in [-0.39, 0.29) is 6.29 Å². The molecule has 0 bridgehead atoms. The SMILES string of the molecule is O=CC(=O)N1C=CN2CN=NC2=C1. The Balaban J connectivity index is 2.22. The van der Waals surface area contributed by atoms with Crippen molar-refractivity contribution in [2.45, 2.75) is 0 Å². The van der Waals surface area contributed by atoms with E-state index in [0.717, 1.165) is 0 Å². The van der Waals surface area contributed by atoms with Crippen molar-refractivity contribution in [3.05, 3.63) is 24.4 Å². The summed E-state index contributed by atoms with van der Waals surface area (Å²) in [5.41, 5.74) is 0. The Labute approximate surface area is 73.8 Å². The molecule has 1 amide bonds. The maximum absolute atomic E-state index is 10.9. The van der Waals surface area contributed by atoms with Crippen molar-refractivity contribution in [2.24, 2.45) is 10.2 Å². The van der Waals surface area contributed by atoms with Gasteiger partial charge in [0.15, 0.2) is 5.82 Å². The fraction of sp³-hybridized carbons (Fsp3) is 0.143. The molecule has 0 saturated carbocycles. The lowest BCUT2D eigenvalue weighted by molar-refractivity contribution is -0.135. The van der Waals surface area contributed by atoms with Gasteiger partial charge in [-0.2, -0.15) is 5.11 Å². The summed E-state index contributed by atoms with van der Waals surface area (Å²) in [6.07, 6.45) is 4.86. The minimum absolute atomic E-state index is 0.253. The van der Waals surface area contributed by atoms with E-state index in [9.17, 15) is 9.59 Å². The zero-order valence-electron chi connectivity index (χ0n) is 6.62. The number of hydrogen-bond acceptors (Lipinski definition) is 5. The summed E-state index contributed by atoms with van der Waals surface area (Å²) in [5.74, 6) is -0.0526. The Hall–Kier alpha value is -1.98. The summed E-state index contributed by atoms with van der Waals surface area (Å²) in [5, 5.41) is 7.53. The van der Waals surface area contributed by atoms with E-state index >= 15 is 0 Å². The van der Waals surface area contributed by atoms with Gasteiger partial charge in [0.1, 0.15) is 6.67 Å². The van der Waals surface area contributed by atoms with Crippen molar-refractivity contribution >= 4 is 12.2 Å². The fourth-order valence-electron chi connectivity index (χ4n) is 1.04. The van der Waals surface area contributed by atoms with Crippen LogP contribution in [0.2, 0.25) is 0 Å². The molecule has 0 aromatic rings. The average molecular weight is 178 g/mol. The first kappa shape index (κ1) is 7.66. The van der Waals surface area contributed by atoms with E-state index in [1.165, 1.54) is 17.3 Å². The Morgan fingerprint density at radius 3 is 3.15 bits per heavy atom. The number of carbonyl (C=O) groups excluding carboxylic acids is 2. The highest BCUT2D eigenvalue weighted by atomic mass is 16.2. The Morgan fingerprint density at radius 1 is 1.54 bits per heavy atom. The van der Waals surface area contributed by atoms with Gasteiger partial charge < -0.3 is 4.90 Å². The highest BCUT2D eigenvalue weighted by Gasteiger charge is 2.19. The minimum Gasteiger partial charge on any atom is -0.307 e. The van der Waals surface area contributed by atoms with Gasteiger partial charge >= 0.3 is 0 Å². The molecule has 2 heterocycles. The minimum atomic E-state index is -0.620. The number of fused-ring (bicyclic) bond motifs is 1. The molecule has 0 aliphatic carbocycles. The van der Waals surface area contributed by atoms with E-state index in [2.05, 4.69) is 10.2 Å². The summed E-state index contributed by atoms with van der Waals surface area (Å²) in [7, 11) is 0. The van der Waals surface area contributed by atoms with Crippen molar-refractivity contribution in [2.75, 3.05) is 6.67 Å². The van der Waals surface area contributed by atoms with Crippen LogP contribution in [0.5, 0.6) is 0 Å². The Morgan fingerprint density at radius 2 is 2.38 bits per heavy atom. The maximum Gasteiger partial charge on any atom is 0.294 e. The van der Waals surface area contributed by atoms with Crippen molar-refractivity contribution < 1.29 is 9.59 Å². The average Bonchev–Trinajstić information content (AvgIpc) is 2.63. The lowest BCUT2D eigenvalue weighted by Crippen LogP contribution is -2.27. The first-order chi connectivity index (χ1) is 6.31. The summed E-state index contributed by atoms with van der Waals surface area (Å²) in [6, 6.07) is 0. The number of azo groups is 1. The second-order valence-electron chi connectivity index (χ2n) is 2.50. The molecule has 6 nitrogen and oxygen atoms in total. The summed E-state index contributed by atoms with van der Waals surface area (Å²) < 4.78 is 0. The molecule has 13 heavy (non-hydrogen) atoms. The first-order valence-electron chi connectivity index (χ1n) is 3.63. The van der Waals surface area contributed by atoms with Crippen LogP contribution in [0.4, 0.5) is 0 Å². The Kier molecular flexibility index (Phi) is 1.66. The number of rotatable bonds is 1. The second-order valence-corrected chi connectivity index (χ2v) is 2.50. The molecular formula is C7H6N4O2. The summed E-state index contributed by atoms with van der Waals surface area (Å²) in [6.45, 7) is 0.464. The fourth-order valence-corrected chi connectivity index (χ4v) is 1.04. The molecule has 2 aliphatic rings. The van der Waals surface area contributed by atoms with Crippen molar-refractivity contribution in [3.63, 3.8) is 0 Å². The molecule has 0 fully saturated rings. The van der Waals surface area contributed by atoms with E-state index in [1.54, 1.807) is 11.1 Å². The van der Waals surface area contributed by atoms with E-state index in [1.807, 2.05) is 0 Å². The van der Waals surface area contributed by atoms with Crippen LogP contribution in [0.15, 0.2) is 34.6 Å². The second kappa shape index (κ2) is 2.81. The van der Waals surface area contributed by atoms with Crippen LogP contribution >= 0.6 is 0 Å². The quantitative estimate of drug-likeness (QED) is 0.420. The van der Waals surface area contributed by atoms with Gasteiger partial charge in [-0.15, -0.1) is 5.11 Å². The maximum atomic E-state index is 10.9. The molecule has 66 valence electrons. The van der Waals surface area contributed by atoms with Crippen LogP contribution in [0, 0.1) is 0 Å². The van der Waals surface area contributed by atoms with Crippen LogP contribution in [-0.2, 0) is 9.59 Å². The van der Waals surface area contributed by atoms with Crippen molar-refractivity contribution in [1.29, 1.82) is 0 Å². The standard InChI is InChI=1S/C7H6N4O2/c12-4-7(13)10-1-2-11-5-8-9-6(11)3-10/h1-4H,5H2. The third-order valence-corrected chi connectivity index (χ3v) is 1.70. The monoisotopic (exact) mass is 178 g/mol. The van der Waals surface area contributed by atoms with Gasteiger partial charge in [-0.05, 0) is 0 Å². The van der Waals surface area contributed by atoms with Crippen molar-refractivity contribution in [3.8, 4) is 0 Å². The van der Waals surface area contributed by atoms with Crippen LogP contribution in [0.1, 0.15) is 0 Å². The largest absolute Gasteiger partial charge is 0.307 e. The van der Waals surface area contributed by atoms with Gasteiger partial charge in [0.2, 0.25) is 6.29 Å². The van der Waals surface area contributed by atoms with Crippen molar-refractivity contribution in [1.82, 2.24) is 9.80 Å². The normalized spacial score (nSPS) is 18.6. The third kappa shape index (κ3) is 1.22. The van der Waals surface area contributed by atoms with E-state index in [4.69, 9.17) is 0 Å². The van der Waals surface area contributed by atoms with E-state index < -0.39 is 5.91 Å². The number of amides is 1. The smallest absolute Gasteiger partial charge is 0.294 e. The Bertz CT molecular complexity index is 344. The van der Waals surface area contributed by atoms with Crippen LogP contribution in [0.25, 0.3) is 0 Å². The number of carbonyl (C=O) groups is 2. The zero-order chi connectivity index (χ0) is 9.26.